The van der Waals surface area contributed by atoms with E-state index in [-0.39, 0.29) is 29.1 Å². The molecular formula is C20H25F2N9O10P2S. The smallest absolute Gasteiger partial charge is 0.356 e. The van der Waals surface area contributed by atoms with Crippen LogP contribution in [0, 0.1) is 0 Å². The molecule has 0 spiro atoms. The SMILES string of the molecule is NC1NC=Nc2c1ncn2[C@@H]1O[C@H](COP(=O)(O)O)[C@@H](OP(=O)(S)OC[C@H]2O[C@@H](n3cnc4c(=O)[nH]cnc43)C[C@H]2F)[C@H]1F. The zero-order valence-corrected chi connectivity index (χ0v) is 24.8. The maximum absolute atomic E-state index is 15.9. The number of aromatic amines is 1. The van der Waals surface area contributed by atoms with Gasteiger partial charge in [-0.15, -0.1) is 0 Å². The summed E-state index contributed by atoms with van der Waals surface area (Å²) in [5, 5.41) is 2.72. The first-order valence-corrected chi connectivity index (χ1v) is 17.0. The predicted molar refractivity (Wildman–Crippen MR) is 146 cm³/mol. The van der Waals surface area contributed by atoms with Gasteiger partial charge in [-0.05, 0) is 0 Å². The van der Waals surface area contributed by atoms with Crippen LogP contribution in [0.1, 0.15) is 30.7 Å². The minimum Gasteiger partial charge on any atom is -0.356 e. The normalized spacial score (nSPS) is 31.7. The number of nitrogens with one attached hydrogen (secondary N) is 2. The summed E-state index contributed by atoms with van der Waals surface area (Å²) in [6.45, 7) is -6.03. The Morgan fingerprint density at radius 3 is 2.64 bits per heavy atom. The van der Waals surface area contributed by atoms with Crippen molar-refractivity contribution in [1.82, 2.24) is 34.4 Å². The summed E-state index contributed by atoms with van der Waals surface area (Å²) in [4.78, 5) is 48.8. The molecular weight excluding hydrogens is 658 g/mol. The number of imidazole rings is 2. The minimum atomic E-state index is -5.03. The maximum Gasteiger partial charge on any atom is 0.469 e. The number of hydrogen-bond donors (Lipinski definition) is 6. The van der Waals surface area contributed by atoms with E-state index in [9.17, 15) is 18.3 Å². The van der Waals surface area contributed by atoms with Gasteiger partial charge < -0.3 is 35.3 Å². The molecule has 0 aromatic carbocycles. The minimum absolute atomic E-state index is 0.0251. The third-order valence-electron chi connectivity index (χ3n) is 6.97. The second kappa shape index (κ2) is 12.0. The van der Waals surface area contributed by atoms with E-state index in [2.05, 4.69) is 47.0 Å². The highest BCUT2D eigenvalue weighted by atomic mass is 32.7. The molecule has 3 aliphatic rings. The lowest BCUT2D eigenvalue weighted by atomic mass is 10.1. The highest BCUT2D eigenvalue weighted by Crippen LogP contribution is 2.57. The van der Waals surface area contributed by atoms with Crippen LogP contribution in [-0.4, -0.2) is 89.1 Å². The molecule has 0 saturated carbocycles. The average molecular weight is 683 g/mol. The zero-order chi connectivity index (χ0) is 31.4. The molecule has 2 fully saturated rings. The van der Waals surface area contributed by atoms with E-state index in [0.29, 0.717) is 0 Å². The van der Waals surface area contributed by atoms with E-state index in [0.717, 1.165) is 6.33 Å². The van der Waals surface area contributed by atoms with Crippen molar-refractivity contribution in [3.05, 3.63) is 35.0 Å². The number of thiol groups is 1. The van der Waals surface area contributed by atoms with Gasteiger partial charge in [0.1, 0.15) is 42.6 Å². The number of rotatable bonds is 10. The van der Waals surface area contributed by atoms with Crippen molar-refractivity contribution < 1.29 is 50.7 Å². The fourth-order valence-corrected chi connectivity index (χ4v) is 6.77. The van der Waals surface area contributed by atoms with Gasteiger partial charge in [-0.25, -0.2) is 37.9 Å². The summed E-state index contributed by atoms with van der Waals surface area (Å²) >= 11 is 3.89. The number of H-pyrrole nitrogens is 1. The lowest BCUT2D eigenvalue weighted by Crippen LogP contribution is -2.34. The largest absolute Gasteiger partial charge is 0.469 e. The van der Waals surface area contributed by atoms with E-state index >= 15 is 4.39 Å². The number of hydrogen-bond acceptors (Lipinski definition) is 14. The molecule has 6 rings (SSSR count). The fraction of sp³-hybridized carbons (Fsp3) is 0.550. The molecule has 240 valence electrons. The number of alkyl halides is 2. The lowest BCUT2D eigenvalue weighted by Gasteiger charge is -2.24. The molecule has 6 heterocycles. The third-order valence-corrected chi connectivity index (χ3v) is 9.07. The molecule has 19 nitrogen and oxygen atoms in total. The van der Waals surface area contributed by atoms with Crippen LogP contribution in [-0.2, 0) is 32.2 Å². The summed E-state index contributed by atoms with van der Waals surface area (Å²) in [6, 6.07) is 0. The topological polar surface area (TPSA) is 253 Å². The summed E-state index contributed by atoms with van der Waals surface area (Å²) in [6.07, 6.45) is -6.89. The van der Waals surface area contributed by atoms with E-state index in [4.69, 9.17) is 34.0 Å². The van der Waals surface area contributed by atoms with Gasteiger partial charge in [0.25, 0.3) is 5.56 Å². The molecule has 2 saturated heterocycles. The second-order valence-electron chi connectivity index (χ2n) is 9.83. The molecule has 0 amide bonds. The number of fused-ring (bicyclic) bond motifs is 2. The van der Waals surface area contributed by atoms with E-state index < -0.39 is 82.7 Å². The molecule has 0 bridgehead atoms. The molecule has 44 heavy (non-hydrogen) atoms. The van der Waals surface area contributed by atoms with Gasteiger partial charge in [0.05, 0.1) is 38.5 Å². The van der Waals surface area contributed by atoms with Crippen molar-refractivity contribution >= 4 is 50.2 Å². The van der Waals surface area contributed by atoms with Gasteiger partial charge in [0.15, 0.2) is 29.4 Å². The Morgan fingerprint density at radius 1 is 1.11 bits per heavy atom. The first-order chi connectivity index (χ1) is 20.8. The zero-order valence-electron chi connectivity index (χ0n) is 22.1. The molecule has 3 aromatic heterocycles. The van der Waals surface area contributed by atoms with Gasteiger partial charge in [0.2, 0.25) is 0 Å². The molecule has 0 aliphatic carbocycles. The van der Waals surface area contributed by atoms with Crippen molar-refractivity contribution in [1.29, 1.82) is 0 Å². The number of halogens is 2. The van der Waals surface area contributed by atoms with Crippen LogP contribution in [0.5, 0.6) is 0 Å². The van der Waals surface area contributed by atoms with Crippen LogP contribution >= 0.6 is 26.9 Å². The predicted octanol–water partition coefficient (Wildman–Crippen LogP) is 0.647. The van der Waals surface area contributed by atoms with E-state index in [1.807, 2.05) is 0 Å². The van der Waals surface area contributed by atoms with Crippen LogP contribution in [0.25, 0.3) is 11.2 Å². The van der Waals surface area contributed by atoms with Crippen LogP contribution in [0.2, 0.25) is 0 Å². The number of ether oxygens (including phenoxy) is 2. The van der Waals surface area contributed by atoms with E-state index in [1.165, 1.54) is 28.1 Å². The average Bonchev–Trinajstić information content (AvgIpc) is 3.72. The van der Waals surface area contributed by atoms with Gasteiger partial charge in [0, 0.05) is 6.42 Å². The summed E-state index contributed by atoms with van der Waals surface area (Å²) in [5.41, 5.74) is 5.88. The first kappa shape index (κ1) is 31.4. The van der Waals surface area contributed by atoms with Crippen LogP contribution in [0.15, 0.2) is 28.8 Å². The molecule has 9 atom stereocenters. The van der Waals surface area contributed by atoms with Gasteiger partial charge >= 0.3 is 14.6 Å². The molecule has 3 aromatic rings. The number of aliphatic imine (C=N–C) groups is 1. The van der Waals surface area contributed by atoms with Crippen LogP contribution in [0.3, 0.4) is 0 Å². The maximum atomic E-state index is 15.9. The van der Waals surface area contributed by atoms with Crippen molar-refractivity contribution in [3.8, 4) is 0 Å². The van der Waals surface area contributed by atoms with Crippen LogP contribution in [0.4, 0.5) is 14.6 Å². The Balaban J connectivity index is 1.15. The molecule has 2 unspecified atom stereocenters. The number of phosphoric ester groups is 1. The van der Waals surface area contributed by atoms with E-state index in [1.54, 1.807) is 0 Å². The summed E-state index contributed by atoms with van der Waals surface area (Å²) in [5.74, 6) is 0.136. The number of nitrogens with two attached hydrogens (primary N) is 1. The quantitative estimate of drug-likeness (QED) is 0.127. The Kier molecular flexibility index (Phi) is 8.52. The molecule has 24 heteroatoms. The number of nitrogens with zero attached hydrogens (tertiary/aromatic N) is 6. The van der Waals surface area contributed by atoms with Crippen molar-refractivity contribution in [3.63, 3.8) is 0 Å². The van der Waals surface area contributed by atoms with Crippen molar-refractivity contribution in [2.45, 2.75) is 55.7 Å². The Morgan fingerprint density at radius 2 is 1.86 bits per heavy atom. The monoisotopic (exact) mass is 683 g/mol. The van der Waals surface area contributed by atoms with Crippen molar-refractivity contribution in [2.75, 3.05) is 13.2 Å². The molecule has 0 radical (unpaired) electrons. The second-order valence-corrected chi connectivity index (χ2v) is 13.9. The third kappa shape index (κ3) is 6.24. The number of phosphoric acid groups is 1. The molecule has 3 aliphatic heterocycles. The molecule has 6 N–H and O–H groups in total. The number of aromatic nitrogens is 6. The highest BCUT2D eigenvalue weighted by molar-refractivity contribution is 8.44. The fourth-order valence-electron chi connectivity index (χ4n) is 4.95. The standard InChI is InChI=1S/C20H25F2N9O10P2S/c21-8-1-11(30-6-29-14-18(30)26-5-27-19(14)32)39-9(8)2-38-43(36,44)41-15-10(3-37-42(33,34)35)40-20(12(15)22)31-7-28-13-16(23)24-4-25-17(13)31/h4-12,15-16,20H,1-3,23H2,(H,24,25)(H,36,44)(H,26,27,32)(H2,33,34,35)/t8-,9-,10-,11-,12-,15-,16?,20-,43?/m1/s1. The van der Waals surface area contributed by atoms with Gasteiger partial charge in [-0.3, -0.25) is 27.5 Å². The first-order valence-electron chi connectivity index (χ1n) is 12.8. The van der Waals surface area contributed by atoms with Gasteiger partial charge in [-0.1, -0.05) is 12.2 Å². The van der Waals surface area contributed by atoms with Crippen LogP contribution < -0.4 is 16.6 Å². The highest BCUT2D eigenvalue weighted by Gasteiger charge is 2.51. The summed E-state index contributed by atoms with van der Waals surface area (Å²) < 4.78 is 84.3. The lowest BCUT2D eigenvalue weighted by molar-refractivity contribution is -0.0465. The van der Waals surface area contributed by atoms with Gasteiger partial charge in [-0.2, -0.15) is 0 Å². The Hall–Kier alpha value is -2.62. The Labute approximate surface area is 250 Å². The van der Waals surface area contributed by atoms with Crippen molar-refractivity contribution in [2.24, 2.45) is 10.7 Å². The summed E-state index contributed by atoms with van der Waals surface area (Å²) in [7, 11) is -5.03. The Bertz CT molecular complexity index is 1720.